The van der Waals surface area contributed by atoms with Gasteiger partial charge < -0.3 is 10.2 Å². The van der Waals surface area contributed by atoms with Crippen LogP contribution in [-0.2, 0) is 0 Å². The van der Waals surface area contributed by atoms with Gasteiger partial charge in [0, 0.05) is 35.1 Å². The van der Waals surface area contributed by atoms with Gasteiger partial charge in [-0.05, 0) is 61.4 Å². The lowest BCUT2D eigenvalue weighted by atomic mass is 10.2. The van der Waals surface area contributed by atoms with Gasteiger partial charge in [0.2, 0.25) is 5.95 Å². The van der Waals surface area contributed by atoms with Crippen molar-refractivity contribution in [3.63, 3.8) is 0 Å². The second-order valence-corrected chi connectivity index (χ2v) is 7.45. The van der Waals surface area contributed by atoms with Crippen LogP contribution in [0.2, 0.25) is 5.02 Å². The summed E-state index contributed by atoms with van der Waals surface area (Å²) in [6.45, 7) is 2.29. The highest BCUT2D eigenvalue weighted by Crippen LogP contribution is 2.26. The zero-order valence-corrected chi connectivity index (χ0v) is 16.1. The van der Waals surface area contributed by atoms with Crippen molar-refractivity contribution < 1.29 is 0 Å². The molecule has 0 unspecified atom stereocenters. The van der Waals surface area contributed by atoms with Gasteiger partial charge in [0.1, 0.15) is 0 Å². The van der Waals surface area contributed by atoms with Crippen LogP contribution in [0.4, 0.5) is 17.3 Å². The fraction of sp³-hybridized carbons (Fsp3) is 0.182. The van der Waals surface area contributed by atoms with Crippen LogP contribution in [0.25, 0.3) is 16.8 Å². The highest BCUT2D eigenvalue weighted by atomic mass is 35.5. The van der Waals surface area contributed by atoms with E-state index in [1.807, 2.05) is 47.1 Å². The minimum Gasteiger partial charge on any atom is -0.372 e. The lowest BCUT2D eigenvalue weighted by Crippen LogP contribution is -2.17. The molecule has 0 atom stereocenters. The molecule has 1 N–H and O–H groups in total. The molecule has 140 valence electrons. The van der Waals surface area contributed by atoms with Gasteiger partial charge in [0.05, 0.1) is 17.4 Å². The highest BCUT2D eigenvalue weighted by Gasteiger charge is 2.12. The first-order valence-electron chi connectivity index (χ1n) is 9.49. The standard InChI is InChI=1S/C22H20ClN5/c23-17-5-3-4-16(14-17)21-11-10-20-15-24-22(26-28(20)21)25-18-6-8-19(9-7-18)27-12-1-2-13-27/h3-11,14-15H,1-2,12-13H2,(H,25,26). The van der Waals surface area contributed by atoms with E-state index in [1.54, 1.807) is 0 Å². The molecule has 0 saturated carbocycles. The van der Waals surface area contributed by atoms with E-state index in [0.29, 0.717) is 11.0 Å². The summed E-state index contributed by atoms with van der Waals surface area (Å²) in [5.74, 6) is 0.556. The Kier molecular flexibility index (Phi) is 4.37. The second kappa shape index (κ2) is 7.17. The molecule has 2 aromatic carbocycles. The molecule has 1 aliphatic heterocycles. The van der Waals surface area contributed by atoms with Crippen molar-refractivity contribution in [2.24, 2.45) is 0 Å². The Labute approximate surface area is 168 Å². The van der Waals surface area contributed by atoms with Crippen LogP contribution in [0.3, 0.4) is 0 Å². The third-order valence-electron chi connectivity index (χ3n) is 5.11. The predicted molar refractivity (Wildman–Crippen MR) is 115 cm³/mol. The number of anilines is 3. The third kappa shape index (κ3) is 3.29. The first-order valence-corrected chi connectivity index (χ1v) is 9.87. The van der Waals surface area contributed by atoms with Gasteiger partial charge in [-0.25, -0.2) is 9.50 Å². The van der Waals surface area contributed by atoms with Crippen LogP contribution < -0.4 is 10.2 Å². The Morgan fingerprint density at radius 2 is 1.75 bits per heavy atom. The average molecular weight is 390 g/mol. The Balaban J connectivity index is 1.42. The third-order valence-corrected chi connectivity index (χ3v) is 5.35. The fourth-order valence-corrected chi connectivity index (χ4v) is 3.88. The zero-order chi connectivity index (χ0) is 18.9. The van der Waals surface area contributed by atoms with E-state index in [1.165, 1.54) is 18.5 Å². The maximum Gasteiger partial charge on any atom is 0.245 e. The number of rotatable bonds is 4. The Bertz CT molecular complexity index is 1110. The molecule has 2 aromatic heterocycles. The Morgan fingerprint density at radius 1 is 0.929 bits per heavy atom. The lowest BCUT2D eigenvalue weighted by molar-refractivity contribution is 0.919. The SMILES string of the molecule is Clc1cccc(-c2ccc3cnc(Nc4ccc(N5CCCC5)cc4)nn23)c1. The van der Waals surface area contributed by atoms with Crippen LogP contribution in [-0.4, -0.2) is 27.7 Å². The second-order valence-electron chi connectivity index (χ2n) is 7.01. The van der Waals surface area contributed by atoms with E-state index >= 15 is 0 Å². The number of benzene rings is 2. The predicted octanol–water partition coefficient (Wildman–Crippen LogP) is 5.39. The van der Waals surface area contributed by atoms with Crippen molar-refractivity contribution in [1.29, 1.82) is 0 Å². The Morgan fingerprint density at radius 3 is 2.54 bits per heavy atom. The number of nitrogens with one attached hydrogen (secondary N) is 1. The molecule has 0 bridgehead atoms. The smallest absolute Gasteiger partial charge is 0.245 e. The number of fused-ring (bicyclic) bond motifs is 1. The van der Waals surface area contributed by atoms with E-state index < -0.39 is 0 Å². The quantitative estimate of drug-likeness (QED) is 0.508. The Hall–Kier alpha value is -3.05. The number of hydrogen-bond donors (Lipinski definition) is 1. The highest BCUT2D eigenvalue weighted by molar-refractivity contribution is 6.30. The number of nitrogens with zero attached hydrogens (tertiary/aromatic N) is 4. The molecule has 1 fully saturated rings. The number of hydrogen-bond acceptors (Lipinski definition) is 4. The molecule has 3 heterocycles. The van der Waals surface area contributed by atoms with Gasteiger partial charge in [-0.2, -0.15) is 0 Å². The van der Waals surface area contributed by atoms with Crippen LogP contribution >= 0.6 is 11.6 Å². The van der Waals surface area contributed by atoms with Gasteiger partial charge in [-0.15, -0.1) is 5.10 Å². The topological polar surface area (TPSA) is 45.5 Å². The molecule has 6 heteroatoms. The lowest BCUT2D eigenvalue weighted by Gasteiger charge is -2.17. The average Bonchev–Trinajstić information content (AvgIpc) is 3.38. The van der Waals surface area contributed by atoms with Crippen molar-refractivity contribution in [2.45, 2.75) is 12.8 Å². The van der Waals surface area contributed by atoms with Gasteiger partial charge in [0.25, 0.3) is 0 Å². The van der Waals surface area contributed by atoms with Crippen molar-refractivity contribution in [1.82, 2.24) is 14.6 Å². The van der Waals surface area contributed by atoms with E-state index in [9.17, 15) is 0 Å². The molecule has 0 aliphatic carbocycles. The zero-order valence-electron chi connectivity index (χ0n) is 15.3. The molecule has 1 aliphatic rings. The molecule has 1 saturated heterocycles. The molecule has 0 spiro atoms. The van der Waals surface area contributed by atoms with Crippen molar-refractivity contribution in [2.75, 3.05) is 23.3 Å². The number of halogens is 1. The summed E-state index contributed by atoms with van der Waals surface area (Å²) in [5.41, 5.74) is 5.18. The van der Waals surface area contributed by atoms with Gasteiger partial charge >= 0.3 is 0 Å². The molecule has 5 nitrogen and oxygen atoms in total. The van der Waals surface area contributed by atoms with Crippen molar-refractivity contribution in [3.8, 4) is 11.3 Å². The van der Waals surface area contributed by atoms with Crippen molar-refractivity contribution >= 4 is 34.4 Å². The van der Waals surface area contributed by atoms with Crippen molar-refractivity contribution in [3.05, 3.63) is 71.9 Å². The first-order chi connectivity index (χ1) is 13.8. The van der Waals surface area contributed by atoms with Crippen LogP contribution in [0.15, 0.2) is 66.9 Å². The van der Waals surface area contributed by atoms with Crippen LogP contribution in [0, 0.1) is 0 Å². The molecular weight excluding hydrogens is 370 g/mol. The minimum absolute atomic E-state index is 0.556. The molecule has 28 heavy (non-hydrogen) atoms. The fourth-order valence-electron chi connectivity index (χ4n) is 3.69. The van der Waals surface area contributed by atoms with Crippen LogP contribution in [0.1, 0.15) is 12.8 Å². The minimum atomic E-state index is 0.556. The normalized spacial score (nSPS) is 14.0. The molecular formula is C22H20ClN5. The van der Waals surface area contributed by atoms with E-state index in [0.717, 1.165) is 35.6 Å². The largest absolute Gasteiger partial charge is 0.372 e. The van der Waals surface area contributed by atoms with Gasteiger partial charge in [0.15, 0.2) is 0 Å². The molecule has 4 aromatic rings. The van der Waals surface area contributed by atoms with Crippen LogP contribution in [0.5, 0.6) is 0 Å². The number of aromatic nitrogens is 3. The van der Waals surface area contributed by atoms with Gasteiger partial charge in [-0.1, -0.05) is 23.7 Å². The summed E-state index contributed by atoms with van der Waals surface area (Å²) in [5, 5.41) is 8.69. The summed E-state index contributed by atoms with van der Waals surface area (Å²) in [7, 11) is 0. The molecule has 5 rings (SSSR count). The summed E-state index contributed by atoms with van der Waals surface area (Å²) in [6, 6.07) is 20.3. The summed E-state index contributed by atoms with van der Waals surface area (Å²) in [6.07, 6.45) is 4.38. The summed E-state index contributed by atoms with van der Waals surface area (Å²) in [4.78, 5) is 6.87. The van der Waals surface area contributed by atoms with E-state index in [2.05, 4.69) is 44.6 Å². The monoisotopic (exact) mass is 389 g/mol. The molecule has 0 amide bonds. The van der Waals surface area contributed by atoms with E-state index in [4.69, 9.17) is 11.6 Å². The maximum absolute atomic E-state index is 6.15. The maximum atomic E-state index is 6.15. The van der Waals surface area contributed by atoms with Gasteiger partial charge in [-0.3, -0.25) is 0 Å². The first kappa shape index (κ1) is 17.1. The molecule has 0 radical (unpaired) electrons. The van der Waals surface area contributed by atoms with E-state index in [-0.39, 0.29) is 0 Å². The summed E-state index contributed by atoms with van der Waals surface area (Å²) < 4.78 is 1.89. The summed E-state index contributed by atoms with van der Waals surface area (Å²) >= 11 is 6.15.